The van der Waals surface area contributed by atoms with Crippen LogP contribution in [0.15, 0.2) is 47.1 Å². The summed E-state index contributed by atoms with van der Waals surface area (Å²) in [4.78, 5) is 20.1. The average molecular weight is 471 g/mol. The minimum atomic E-state index is -0.325. The summed E-state index contributed by atoms with van der Waals surface area (Å²) < 4.78 is 25.6. The molecular weight excluding hydrogens is 447 g/mol. The molecule has 4 aromatic rings. The van der Waals surface area contributed by atoms with E-state index in [-0.39, 0.29) is 29.6 Å². The summed E-state index contributed by atoms with van der Waals surface area (Å²) in [5, 5.41) is 15.5. The molecule has 0 radical (unpaired) electrons. The Labute approximate surface area is 193 Å². The number of fused-ring (bicyclic) bond motifs is 1. The summed E-state index contributed by atoms with van der Waals surface area (Å²) in [6.07, 6.45) is 2.85. The van der Waals surface area contributed by atoms with Crippen LogP contribution < -0.4 is 0 Å². The van der Waals surface area contributed by atoms with E-state index in [1.165, 1.54) is 28.0 Å². The Kier molecular flexibility index (Phi) is 5.86. The van der Waals surface area contributed by atoms with Gasteiger partial charge >= 0.3 is 5.97 Å². The molecule has 1 N–H and O–H groups in total. The topological polar surface area (TPSA) is 93.1 Å². The van der Waals surface area contributed by atoms with Crippen molar-refractivity contribution >= 4 is 22.3 Å². The van der Waals surface area contributed by atoms with Gasteiger partial charge in [-0.1, -0.05) is 23.5 Å². The van der Waals surface area contributed by atoms with Crippen LogP contribution in [0.1, 0.15) is 36.2 Å². The van der Waals surface area contributed by atoms with E-state index in [1.54, 1.807) is 37.5 Å². The Morgan fingerprint density at radius 2 is 2.06 bits per heavy atom. The minimum absolute atomic E-state index is 0.0119. The van der Waals surface area contributed by atoms with Gasteiger partial charge in [-0.15, -0.1) is 5.10 Å². The van der Waals surface area contributed by atoms with Gasteiger partial charge in [0.25, 0.3) is 0 Å². The largest absolute Gasteiger partial charge is 0.492 e. The molecule has 0 saturated carbocycles. The van der Waals surface area contributed by atoms with Gasteiger partial charge in [-0.2, -0.15) is 9.50 Å². The molecule has 1 aromatic carbocycles. The molecule has 0 bridgehead atoms. The first-order valence-corrected chi connectivity index (χ1v) is 11.6. The molecule has 1 saturated heterocycles. The van der Waals surface area contributed by atoms with Crippen molar-refractivity contribution in [2.75, 3.05) is 19.7 Å². The van der Waals surface area contributed by atoms with Crippen LogP contribution in [0.4, 0.5) is 4.39 Å². The Morgan fingerprint density at radius 3 is 2.70 bits per heavy atom. The first-order valence-electron chi connectivity index (χ1n) is 10.8. The van der Waals surface area contributed by atoms with Gasteiger partial charge in [0, 0.05) is 0 Å². The van der Waals surface area contributed by atoms with E-state index in [4.69, 9.17) is 9.15 Å². The smallest absolute Gasteiger partial charge is 0.309 e. The van der Waals surface area contributed by atoms with E-state index in [2.05, 4.69) is 15.0 Å². The fourth-order valence-electron chi connectivity index (χ4n) is 4.27. The Morgan fingerprint density at radius 1 is 1.30 bits per heavy atom. The molecule has 3 aromatic heterocycles. The fourth-order valence-corrected chi connectivity index (χ4v) is 5.38. The molecule has 8 nitrogen and oxygen atoms in total. The van der Waals surface area contributed by atoms with Crippen LogP contribution in [0.25, 0.3) is 16.5 Å². The maximum absolute atomic E-state index is 13.6. The lowest BCUT2D eigenvalue weighted by Gasteiger charge is -2.36. The normalized spacial score (nSPS) is 16.3. The molecule has 1 aliphatic rings. The number of esters is 1. The summed E-state index contributed by atoms with van der Waals surface area (Å²) in [7, 11) is 0. The molecule has 0 aliphatic carbocycles. The molecule has 10 heteroatoms. The Hall–Kier alpha value is -3.24. The zero-order valence-electron chi connectivity index (χ0n) is 18.0. The van der Waals surface area contributed by atoms with Gasteiger partial charge in [0.15, 0.2) is 5.76 Å². The molecule has 4 heterocycles. The summed E-state index contributed by atoms with van der Waals surface area (Å²) in [6, 6.07) is 9.46. The number of halogens is 1. The highest BCUT2D eigenvalue weighted by molar-refractivity contribution is 7.17. The highest BCUT2D eigenvalue weighted by atomic mass is 32.1. The number of carbonyl (C=O) groups is 1. The first-order chi connectivity index (χ1) is 16.0. The third kappa shape index (κ3) is 4.11. The second-order valence-electron chi connectivity index (χ2n) is 7.91. The van der Waals surface area contributed by atoms with Crippen LogP contribution in [0.2, 0.25) is 0 Å². The number of benzene rings is 1. The maximum Gasteiger partial charge on any atom is 0.309 e. The number of carbonyl (C=O) groups excluding carboxylic acids is 1. The zero-order valence-corrected chi connectivity index (χ0v) is 18.8. The summed E-state index contributed by atoms with van der Waals surface area (Å²) in [5.41, 5.74) is 0.844. The van der Waals surface area contributed by atoms with Crippen molar-refractivity contribution < 1.29 is 23.4 Å². The van der Waals surface area contributed by atoms with Crippen LogP contribution >= 0.6 is 11.3 Å². The number of likely N-dealkylation sites (tertiary alicyclic amines) is 1. The van der Waals surface area contributed by atoms with Crippen molar-refractivity contribution in [3.8, 4) is 17.5 Å². The van der Waals surface area contributed by atoms with E-state index < -0.39 is 0 Å². The van der Waals surface area contributed by atoms with Crippen molar-refractivity contribution in [3.63, 3.8) is 0 Å². The molecule has 0 amide bonds. The predicted octanol–water partition coefficient (Wildman–Crippen LogP) is 4.26. The van der Waals surface area contributed by atoms with Gasteiger partial charge in [0.05, 0.1) is 29.7 Å². The van der Waals surface area contributed by atoms with E-state index in [9.17, 15) is 14.3 Å². The van der Waals surface area contributed by atoms with E-state index >= 15 is 0 Å². The zero-order chi connectivity index (χ0) is 22.9. The number of aromatic nitrogens is 3. The molecule has 0 unspecified atom stereocenters. The predicted molar refractivity (Wildman–Crippen MR) is 119 cm³/mol. The second kappa shape index (κ2) is 8.95. The third-order valence-electron chi connectivity index (χ3n) is 5.89. The van der Waals surface area contributed by atoms with E-state index in [0.717, 1.165) is 5.56 Å². The molecule has 1 atom stereocenters. The summed E-state index contributed by atoms with van der Waals surface area (Å²) in [6.45, 7) is 3.44. The lowest BCUT2D eigenvalue weighted by Crippen LogP contribution is -2.39. The van der Waals surface area contributed by atoms with Gasteiger partial charge in [-0.05, 0) is 62.7 Å². The number of thiazole rings is 1. The molecule has 172 valence electrons. The number of piperidine rings is 1. The van der Waals surface area contributed by atoms with Gasteiger partial charge in [0.1, 0.15) is 5.82 Å². The number of nitrogens with zero attached hydrogens (tertiary/aromatic N) is 4. The Balaban J connectivity index is 1.48. The van der Waals surface area contributed by atoms with Crippen LogP contribution in [-0.2, 0) is 9.53 Å². The van der Waals surface area contributed by atoms with Crippen molar-refractivity contribution in [1.82, 2.24) is 19.5 Å². The Bertz CT molecular complexity index is 1240. The van der Waals surface area contributed by atoms with E-state index in [0.29, 0.717) is 54.0 Å². The standard InChI is InChI=1S/C23H23FN4O4S/c1-2-31-22(30)15-9-11-27(12-10-15)18(14-5-7-16(24)8-6-14)19-21(29)28-23(33-19)25-20(26-28)17-4-3-13-32-17/h3-8,13,15,18,29H,2,9-12H2,1H3/t18-/m1/s1. The van der Waals surface area contributed by atoms with Gasteiger partial charge in [-0.25, -0.2) is 4.39 Å². The summed E-state index contributed by atoms with van der Waals surface area (Å²) in [5.74, 6) is 0.268. The number of hydrogen-bond acceptors (Lipinski definition) is 8. The van der Waals surface area contributed by atoms with Crippen molar-refractivity contribution in [2.45, 2.75) is 25.8 Å². The third-order valence-corrected chi connectivity index (χ3v) is 6.96. The SMILES string of the molecule is CCOC(=O)C1CCN([C@H](c2ccc(F)cc2)c2sc3nc(-c4ccco4)nn3c2O)CC1. The summed E-state index contributed by atoms with van der Waals surface area (Å²) >= 11 is 1.33. The minimum Gasteiger partial charge on any atom is -0.492 e. The maximum atomic E-state index is 13.6. The van der Waals surface area contributed by atoms with Crippen LogP contribution in [0, 0.1) is 11.7 Å². The molecule has 5 rings (SSSR count). The lowest BCUT2D eigenvalue weighted by molar-refractivity contribution is -0.149. The van der Waals surface area contributed by atoms with Crippen molar-refractivity contribution in [1.29, 1.82) is 0 Å². The van der Waals surface area contributed by atoms with Crippen molar-refractivity contribution in [3.05, 3.63) is 58.9 Å². The van der Waals surface area contributed by atoms with Gasteiger partial charge < -0.3 is 14.3 Å². The fraction of sp³-hybridized carbons (Fsp3) is 0.348. The highest BCUT2D eigenvalue weighted by Crippen LogP contribution is 2.41. The average Bonchev–Trinajstić information content (AvgIpc) is 3.55. The highest BCUT2D eigenvalue weighted by Gasteiger charge is 2.34. The molecule has 1 fully saturated rings. The molecule has 1 aliphatic heterocycles. The monoisotopic (exact) mass is 470 g/mol. The first kappa shape index (κ1) is 21.6. The van der Waals surface area contributed by atoms with Gasteiger partial charge in [0.2, 0.25) is 16.7 Å². The van der Waals surface area contributed by atoms with Crippen LogP contribution in [0.3, 0.4) is 0 Å². The second-order valence-corrected chi connectivity index (χ2v) is 8.92. The molecular formula is C23H23FN4O4S. The van der Waals surface area contributed by atoms with Crippen molar-refractivity contribution in [2.24, 2.45) is 5.92 Å². The quantitative estimate of drug-likeness (QED) is 0.421. The molecule has 33 heavy (non-hydrogen) atoms. The number of aromatic hydroxyl groups is 1. The van der Waals surface area contributed by atoms with Crippen LogP contribution in [0.5, 0.6) is 5.88 Å². The van der Waals surface area contributed by atoms with E-state index in [1.807, 2.05) is 0 Å². The van der Waals surface area contributed by atoms with Gasteiger partial charge in [-0.3, -0.25) is 9.69 Å². The molecule has 0 spiro atoms. The lowest BCUT2D eigenvalue weighted by atomic mass is 9.93. The number of rotatable bonds is 6. The number of hydrogen-bond donors (Lipinski definition) is 1. The van der Waals surface area contributed by atoms with Crippen LogP contribution in [-0.4, -0.2) is 50.3 Å². The number of ether oxygens (including phenoxy) is 1. The number of furan rings is 1.